The predicted octanol–water partition coefficient (Wildman–Crippen LogP) is 2.94. The Kier molecular flexibility index (Phi) is 4.35. The normalized spacial score (nSPS) is 28.9. The fourth-order valence-corrected chi connectivity index (χ4v) is 4.01. The van der Waals surface area contributed by atoms with Crippen LogP contribution in [-0.2, 0) is 23.8 Å². The molecule has 0 aromatic heterocycles. The molecule has 6 heteroatoms. The van der Waals surface area contributed by atoms with Crippen molar-refractivity contribution in [2.24, 2.45) is 0 Å². The van der Waals surface area contributed by atoms with Gasteiger partial charge in [0.15, 0.2) is 5.79 Å². The van der Waals surface area contributed by atoms with Crippen molar-refractivity contribution >= 4 is 10.1 Å². The molecule has 0 saturated carbocycles. The SMILES string of the molecule is CCC1(CC)O[C@H]2[C@@H](OS(=O)(=O)c3ccc(C)cc3)C=C[C@H]2O1. The molecule has 3 rings (SSSR count). The van der Waals surface area contributed by atoms with E-state index in [9.17, 15) is 8.42 Å². The van der Waals surface area contributed by atoms with Crippen molar-refractivity contribution in [1.29, 1.82) is 0 Å². The van der Waals surface area contributed by atoms with Gasteiger partial charge in [-0.25, -0.2) is 0 Å². The summed E-state index contributed by atoms with van der Waals surface area (Å²) >= 11 is 0. The molecule has 1 aliphatic heterocycles. The Labute approximate surface area is 137 Å². The lowest BCUT2D eigenvalue weighted by atomic mass is 10.1. The van der Waals surface area contributed by atoms with Crippen molar-refractivity contribution in [3.05, 3.63) is 42.0 Å². The minimum Gasteiger partial charge on any atom is -0.341 e. The van der Waals surface area contributed by atoms with Crippen molar-refractivity contribution in [2.45, 2.75) is 62.6 Å². The van der Waals surface area contributed by atoms with E-state index in [4.69, 9.17) is 13.7 Å². The third-order valence-corrected chi connectivity index (χ3v) is 5.79. The van der Waals surface area contributed by atoms with E-state index >= 15 is 0 Å². The average molecular weight is 338 g/mol. The van der Waals surface area contributed by atoms with Gasteiger partial charge in [-0.1, -0.05) is 43.7 Å². The van der Waals surface area contributed by atoms with Gasteiger partial charge in [-0.15, -0.1) is 0 Å². The first-order valence-electron chi connectivity index (χ1n) is 7.93. The highest BCUT2D eigenvalue weighted by atomic mass is 32.2. The lowest BCUT2D eigenvalue weighted by Crippen LogP contribution is -2.34. The van der Waals surface area contributed by atoms with E-state index in [1.807, 2.05) is 26.8 Å². The van der Waals surface area contributed by atoms with Crippen LogP contribution in [0.4, 0.5) is 0 Å². The van der Waals surface area contributed by atoms with Crippen LogP contribution in [0.2, 0.25) is 0 Å². The van der Waals surface area contributed by atoms with Crippen molar-refractivity contribution < 1.29 is 22.1 Å². The predicted molar refractivity (Wildman–Crippen MR) is 85.4 cm³/mol. The Bertz CT molecular complexity index is 688. The Hall–Kier alpha value is -1.21. The quantitative estimate of drug-likeness (QED) is 0.610. The first-order chi connectivity index (χ1) is 10.9. The van der Waals surface area contributed by atoms with Gasteiger partial charge >= 0.3 is 0 Å². The summed E-state index contributed by atoms with van der Waals surface area (Å²) in [6, 6.07) is 6.60. The van der Waals surface area contributed by atoms with E-state index < -0.39 is 28.1 Å². The zero-order valence-electron chi connectivity index (χ0n) is 13.6. The molecule has 126 valence electrons. The molecule has 0 spiro atoms. The second kappa shape index (κ2) is 6.02. The summed E-state index contributed by atoms with van der Waals surface area (Å²) in [5, 5.41) is 0. The molecule has 1 fully saturated rings. The van der Waals surface area contributed by atoms with Crippen LogP contribution < -0.4 is 0 Å². The van der Waals surface area contributed by atoms with Crippen molar-refractivity contribution in [1.82, 2.24) is 0 Å². The van der Waals surface area contributed by atoms with E-state index in [1.165, 1.54) is 0 Å². The molecule has 5 nitrogen and oxygen atoms in total. The minimum atomic E-state index is -3.84. The fourth-order valence-electron chi connectivity index (χ4n) is 2.97. The molecule has 0 bridgehead atoms. The number of ether oxygens (including phenoxy) is 2. The molecule has 0 amide bonds. The summed E-state index contributed by atoms with van der Waals surface area (Å²) in [6.07, 6.45) is 3.61. The largest absolute Gasteiger partial charge is 0.341 e. The summed E-state index contributed by atoms with van der Waals surface area (Å²) in [5.41, 5.74) is 0.993. The fraction of sp³-hybridized carbons (Fsp3) is 0.529. The molecule has 1 aromatic carbocycles. The first kappa shape index (κ1) is 16.6. The number of aryl methyl sites for hydroxylation is 1. The second-order valence-electron chi connectivity index (χ2n) is 6.00. The Morgan fingerprint density at radius 2 is 1.74 bits per heavy atom. The molecular formula is C17H22O5S. The van der Waals surface area contributed by atoms with E-state index in [2.05, 4.69) is 0 Å². The van der Waals surface area contributed by atoms with Crippen LogP contribution in [0.3, 0.4) is 0 Å². The van der Waals surface area contributed by atoms with Crippen molar-refractivity contribution in [3.63, 3.8) is 0 Å². The van der Waals surface area contributed by atoms with Crippen LogP contribution in [0, 0.1) is 6.92 Å². The van der Waals surface area contributed by atoms with E-state index in [-0.39, 0.29) is 11.0 Å². The van der Waals surface area contributed by atoms with Gasteiger partial charge in [0.05, 0.1) is 4.90 Å². The van der Waals surface area contributed by atoms with Crippen LogP contribution in [0.5, 0.6) is 0 Å². The highest BCUT2D eigenvalue weighted by Gasteiger charge is 2.50. The number of fused-ring (bicyclic) bond motifs is 1. The summed E-state index contributed by atoms with van der Waals surface area (Å²) in [4.78, 5) is 0.149. The van der Waals surface area contributed by atoms with Crippen LogP contribution in [0.1, 0.15) is 32.3 Å². The maximum Gasteiger partial charge on any atom is 0.297 e. The summed E-state index contributed by atoms with van der Waals surface area (Å²) in [6.45, 7) is 5.89. The lowest BCUT2D eigenvalue weighted by molar-refractivity contribution is -0.182. The molecule has 1 heterocycles. The third kappa shape index (κ3) is 3.08. The first-order valence-corrected chi connectivity index (χ1v) is 9.34. The molecule has 1 saturated heterocycles. The average Bonchev–Trinajstić information content (AvgIpc) is 3.07. The van der Waals surface area contributed by atoms with E-state index in [0.717, 1.165) is 5.56 Å². The number of hydrogen-bond donors (Lipinski definition) is 0. The van der Waals surface area contributed by atoms with Gasteiger partial charge in [0.2, 0.25) is 0 Å². The molecule has 1 aliphatic carbocycles. The van der Waals surface area contributed by atoms with Crippen LogP contribution in [0.15, 0.2) is 41.3 Å². The molecule has 0 unspecified atom stereocenters. The molecule has 3 atom stereocenters. The zero-order valence-corrected chi connectivity index (χ0v) is 14.4. The number of rotatable bonds is 5. The van der Waals surface area contributed by atoms with Crippen molar-refractivity contribution in [3.8, 4) is 0 Å². The van der Waals surface area contributed by atoms with Crippen LogP contribution in [0.25, 0.3) is 0 Å². The van der Waals surface area contributed by atoms with Gasteiger partial charge < -0.3 is 9.47 Å². The highest BCUT2D eigenvalue weighted by molar-refractivity contribution is 7.86. The topological polar surface area (TPSA) is 61.8 Å². The van der Waals surface area contributed by atoms with Crippen LogP contribution >= 0.6 is 0 Å². The van der Waals surface area contributed by atoms with E-state index in [0.29, 0.717) is 12.8 Å². The zero-order chi connectivity index (χ0) is 16.7. The molecular weight excluding hydrogens is 316 g/mol. The summed E-state index contributed by atoms with van der Waals surface area (Å²) in [5.74, 6) is -0.644. The lowest BCUT2D eigenvalue weighted by Gasteiger charge is -2.26. The summed E-state index contributed by atoms with van der Waals surface area (Å²) in [7, 11) is -3.84. The maximum atomic E-state index is 12.4. The van der Waals surface area contributed by atoms with Gasteiger partial charge in [-0.2, -0.15) is 8.42 Å². The monoisotopic (exact) mass is 338 g/mol. The van der Waals surface area contributed by atoms with Gasteiger partial charge in [0.1, 0.15) is 18.3 Å². The number of benzene rings is 1. The van der Waals surface area contributed by atoms with E-state index in [1.54, 1.807) is 30.3 Å². The molecule has 1 aromatic rings. The Balaban J connectivity index is 1.76. The molecule has 0 N–H and O–H groups in total. The maximum absolute atomic E-state index is 12.4. The molecule has 23 heavy (non-hydrogen) atoms. The summed E-state index contributed by atoms with van der Waals surface area (Å²) < 4.78 is 42.2. The smallest absolute Gasteiger partial charge is 0.297 e. The van der Waals surface area contributed by atoms with Gasteiger partial charge in [0.25, 0.3) is 10.1 Å². The standard InChI is InChI=1S/C17H22O5S/c1-4-17(5-2)20-14-10-11-15(16(14)21-17)22-23(18,19)13-8-6-12(3)7-9-13/h6-11,14-16H,4-5H2,1-3H3/t14-,15+,16-/m1/s1. The molecule has 0 radical (unpaired) electrons. The Morgan fingerprint density at radius 3 is 2.35 bits per heavy atom. The van der Waals surface area contributed by atoms with Crippen molar-refractivity contribution in [2.75, 3.05) is 0 Å². The highest BCUT2D eigenvalue weighted by Crippen LogP contribution is 2.40. The van der Waals surface area contributed by atoms with Crippen LogP contribution in [-0.4, -0.2) is 32.5 Å². The Morgan fingerprint density at radius 1 is 1.09 bits per heavy atom. The van der Waals surface area contributed by atoms with Gasteiger partial charge in [-0.05, 0) is 31.9 Å². The third-order valence-electron chi connectivity index (χ3n) is 4.46. The van der Waals surface area contributed by atoms with Gasteiger partial charge in [0, 0.05) is 0 Å². The molecule has 2 aliphatic rings. The minimum absolute atomic E-state index is 0.149. The van der Waals surface area contributed by atoms with Gasteiger partial charge in [-0.3, -0.25) is 4.18 Å². The number of hydrogen-bond acceptors (Lipinski definition) is 5. The second-order valence-corrected chi connectivity index (χ2v) is 7.57.